The number of ether oxygens (including phenoxy) is 1. The van der Waals surface area contributed by atoms with Gasteiger partial charge in [-0.15, -0.1) is 0 Å². The van der Waals surface area contributed by atoms with Crippen LogP contribution in [0.1, 0.15) is 15.9 Å². The topological polar surface area (TPSA) is 152 Å². The number of carbonyl (C=O) groups excluding carboxylic acids is 1. The van der Waals surface area contributed by atoms with Gasteiger partial charge in [0.1, 0.15) is 10.6 Å². The third-order valence-corrected chi connectivity index (χ3v) is 6.87. The van der Waals surface area contributed by atoms with E-state index in [-0.39, 0.29) is 54.2 Å². The maximum absolute atomic E-state index is 13.1. The number of carboxylic acid groups (broad SMARTS) is 1. The lowest BCUT2D eigenvalue weighted by molar-refractivity contribution is -0.255. The van der Waals surface area contributed by atoms with Crippen molar-refractivity contribution in [3.05, 3.63) is 47.5 Å². The predicted molar refractivity (Wildman–Crippen MR) is 110 cm³/mol. The predicted octanol–water partition coefficient (Wildman–Crippen LogP) is 1.55. The molecule has 0 unspecified atom stereocenters. The van der Waals surface area contributed by atoms with E-state index in [1.54, 1.807) is 4.90 Å². The molecule has 1 fully saturated rings. The summed E-state index contributed by atoms with van der Waals surface area (Å²) in [7, 11) is -2.83. The molecular weight excluding hydrogens is 453 g/mol. The van der Waals surface area contributed by atoms with E-state index in [0.29, 0.717) is 5.69 Å². The molecule has 9 nitrogen and oxygen atoms in total. The minimum Gasteiger partial charge on any atom is -0.545 e. The van der Waals surface area contributed by atoms with Gasteiger partial charge in [0, 0.05) is 26.2 Å². The van der Waals surface area contributed by atoms with Crippen LogP contribution >= 0.6 is 0 Å². The van der Waals surface area contributed by atoms with Gasteiger partial charge < -0.3 is 31.4 Å². The first kappa shape index (κ1) is 25.2. The Kier molecular flexibility index (Phi) is 7.27. The van der Waals surface area contributed by atoms with E-state index in [4.69, 9.17) is 10.5 Å². The van der Waals surface area contributed by atoms with Crippen LogP contribution in [0.2, 0.25) is 0 Å². The first-order valence-corrected chi connectivity index (χ1v) is 10.5. The molecule has 0 spiro atoms. The van der Waals surface area contributed by atoms with Gasteiger partial charge in [0.2, 0.25) is 10.0 Å². The lowest BCUT2D eigenvalue weighted by Crippen LogP contribution is -2.49. The molecule has 1 heterocycles. The number of methoxy groups -OCH3 is 1. The summed E-state index contributed by atoms with van der Waals surface area (Å²) in [5, 5.41) is 11.1. The number of rotatable bonds is 5. The smallest absolute Gasteiger partial charge is 0.416 e. The number of nitrogens with zero attached hydrogens (tertiary/aromatic N) is 2. The zero-order valence-electron chi connectivity index (χ0n) is 17.3. The Labute approximate surface area is 182 Å². The van der Waals surface area contributed by atoms with Crippen LogP contribution in [0.5, 0.6) is 5.75 Å². The Morgan fingerprint density at radius 3 is 2.22 bits per heavy atom. The molecule has 32 heavy (non-hydrogen) atoms. The van der Waals surface area contributed by atoms with Crippen LogP contribution in [0.4, 0.5) is 24.5 Å². The maximum atomic E-state index is 13.1. The number of nitrogens with two attached hydrogens (primary N) is 1. The number of carbonyl (C=O) groups is 1. The second-order valence-corrected chi connectivity index (χ2v) is 8.72. The number of anilines is 2. The highest BCUT2D eigenvalue weighted by atomic mass is 32.2. The fraction of sp³-hybridized carbons (Fsp3) is 0.316. The third-order valence-electron chi connectivity index (χ3n) is 4.95. The van der Waals surface area contributed by atoms with Gasteiger partial charge in [0.15, 0.2) is 0 Å². The van der Waals surface area contributed by atoms with E-state index in [9.17, 15) is 31.5 Å². The van der Waals surface area contributed by atoms with Crippen molar-refractivity contribution in [2.24, 2.45) is 0 Å². The SMILES string of the molecule is COc1ccc(C(=O)[O-])cc1S(=O)(=O)N1CCN(c2ccc(C(F)(F)F)cc2N)CC1.[NH4+]. The molecule has 0 radical (unpaired) electrons. The maximum Gasteiger partial charge on any atom is 0.416 e. The van der Waals surface area contributed by atoms with Gasteiger partial charge >= 0.3 is 6.18 Å². The summed E-state index contributed by atoms with van der Waals surface area (Å²) < 4.78 is 70.9. The van der Waals surface area contributed by atoms with Crippen molar-refractivity contribution >= 4 is 27.4 Å². The number of halogens is 3. The lowest BCUT2D eigenvalue weighted by Gasteiger charge is -2.36. The molecule has 13 heteroatoms. The number of quaternary nitrogens is 1. The van der Waals surface area contributed by atoms with Gasteiger partial charge in [-0.3, -0.25) is 0 Å². The minimum atomic E-state index is -4.52. The second kappa shape index (κ2) is 9.22. The number of alkyl halides is 3. The fourth-order valence-electron chi connectivity index (χ4n) is 3.33. The number of aromatic carboxylic acids is 1. The summed E-state index contributed by atoms with van der Waals surface area (Å²) in [6.45, 7) is 0.386. The number of hydrogen-bond donors (Lipinski definition) is 2. The molecule has 6 N–H and O–H groups in total. The molecule has 2 aromatic carbocycles. The third kappa shape index (κ3) is 4.89. The van der Waals surface area contributed by atoms with Crippen molar-refractivity contribution < 1.29 is 36.2 Å². The molecule has 1 saturated heterocycles. The molecule has 0 aromatic heterocycles. The highest BCUT2D eigenvalue weighted by Gasteiger charge is 2.33. The molecule has 0 amide bonds. The second-order valence-electron chi connectivity index (χ2n) is 6.82. The summed E-state index contributed by atoms with van der Waals surface area (Å²) in [6, 6.07) is 6.41. The van der Waals surface area contributed by atoms with Crippen LogP contribution < -0.4 is 26.6 Å². The summed E-state index contributed by atoms with van der Waals surface area (Å²) in [5.41, 5.74) is 4.93. The van der Waals surface area contributed by atoms with Crippen molar-refractivity contribution in [3.63, 3.8) is 0 Å². The Morgan fingerprint density at radius 2 is 1.72 bits per heavy atom. The van der Waals surface area contributed by atoms with Gasteiger partial charge in [-0.05, 0) is 42.0 Å². The van der Waals surface area contributed by atoms with Crippen molar-refractivity contribution in [2.75, 3.05) is 43.9 Å². The highest BCUT2D eigenvalue weighted by molar-refractivity contribution is 7.89. The molecule has 1 aliphatic rings. The Bertz CT molecular complexity index is 1100. The van der Waals surface area contributed by atoms with E-state index < -0.39 is 27.7 Å². The van der Waals surface area contributed by atoms with Gasteiger partial charge in [-0.2, -0.15) is 17.5 Å². The Hall–Kier alpha value is -3.03. The van der Waals surface area contributed by atoms with E-state index in [2.05, 4.69) is 0 Å². The van der Waals surface area contributed by atoms with Crippen molar-refractivity contribution in [1.29, 1.82) is 0 Å². The minimum absolute atomic E-state index is 0. The van der Waals surface area contributed by atoms with Crippen LogP contribution in [0, 0.1) is 0 Å². The van der Waals surface area contributed by atoms with E-state index in [1.807, 2.05) is 0 Å². The number of carboxylic acids is 1. The van der Waals surface area contributed by atoms with E-state index in [1.165, 1.54) is 25.3 Å². The number of sulfonamides is 1. The average Bonchev–Trinajstić information content (AvgIpc) is 2.72. The quantitative estimate of drug-likeness (QED) is 0.621. The molecule has 2 aromatic rings. The standard InChI is InChI=1S/C19H20F3N3O5S.H3N/c1-30-16-5-2-12(18(26)27)10-17(16)31(28,29)25-8-6-24(7-9-25)15-4-3-13(11-14(15)23)19(20,21)22;/h2-5,10-11H,6-9,23H2,1H3,(H,26,27);1H3. The molecule has 0 saturated carbocycles. The molecule has 0 aliphatic carbocycles. The van der Waals surface area contributed by atoms with E-state index in [0.717, 1.165) is 22.5 Å². The van der Waals surface area contributed by atoms with Gasteiger partial charge in [-0.1, -0.05) is 0 Å². The average molecular weight is 476 g/mol. The van der Waals surface area contributed by atoms with Crippen LogP contribution in [-0.4, -0.2) is 52.0 Å². The summed E-state index contributed by atoms with van der Waals surface area (Å²) in [4.78, 5) is 12.5. The molecule has 1 aliphatic heterocycles. The van der Waals surface area contributed by atoms with Crippen molar-refractivity contribution in [2.45, 2.75) is 11.1 Å². The van der Waals surface area contributed by atoms with Gasteiger partial charge in [0.05, 0.1) is 30.0 Å². The molecule has 0 atom stereocenters. The van der Waals surface area contributed by atoms with Gasteiger partial charge in [-0.25, -0.2) is 8.42 Å². The largest absolute Gasteiger partial charge is 0.545 e. The Balaban J connectivity index is 0.00000363. The van der Waals surface area contributed by atoms with Crippen LogP contribution in [-0.2, 0) is 16.2 Å². The molecule has 176 valence electrons. The molecule has 0 bridgehead atoms. The summed E-state index contributed by atoms with van der Waals surface area (Å²) >= 11 is 0. The van der Waals surface area contributed by atoms with Crippen molar-refractivity contribution in [1.82, 2.24) is 10.5 Å². The number of benzene rings is 2. The van der Waals surface area contributed by atoms with Crippen LogP contribution in [0.3, 0.4) is 0 Å². The summed E-state index contributed by atoms with van der Waals surface area (Å²) in [5.74, 6) is -1.54. The molecule has 3 rings (SSSR count). The first-order valence-electron chi connectivity index (χ1n) is 9.06. The zero-order valence-corrected chi connectivity index (χ0v) is 18.2. The number of piperazine rings is 1. The zero-order chi connectivity index (χ0) is 23.0. The fourth-order valence-corrected chi connectivity index (χ4v) is 4.94. The van der Waals surface area contributed by atoms with Gasteiger partial charge in [0.25, 0.3) is 0 Å². The first-order chi connectivity index (χ1) is 14.4. The Morgan fingerprint density at radius 1 is 1.09 bits per heavy atom. The van der Waals surface area contributed by atoms with E-state index >= 15 is 0 Å². The van der Waals surface area contributed by atoms with Crippen molar-refractivity contribution in [3.8, 4) is 5.75 Å². The summed E-state index contributed by atoms with van der Waals surface area (Å²) in [6.07, 6.45) is -4.52. The van der Waals surface area contributed by atoms with Crippen LogP contribution in [0.25, 0.3) is 0 Å². The molecular formula is C19H23F3N4O5S. The normalized spacial score (nSPS) is 15.2. The van der Waals surface area contributed by atoms with Crippen LogP contribution in [0.15, 0.2) is 41.3 Å². The number of hydrogen-bond acceptors (Lipinski definition) is 7. The lowest BCUT2D eigenvalue weighted by atomic mass is 10.1. The highest BCUT2D eigenvalue weighted by Crippen LogP contribution is 2.35. The monoisotopic (exact) mass is 476 g/mol. The number of nitrogen functional groups attached to an aromatic ring is 1.